The van der Waals surface area contributed by atoms with E-state index in [1.807, 2.05) is 0 Å². The lowest BCUT2D eigenvalue weighted by molar-refractivity contribution is -0.159. The molecule has 32 heavy (non-hydrogen) atoms. The van der Waals surface area contributed by atoms with E-state index in [0.717, 1.165) is 31.4 Å². The summed E-state index contributed by atoms with van der Waals surface area (Å²) >= 11 is 0. The van der Waals surface area contributed by atoms with Crippen molar-refractivity contribution < 1.29 is 32.6 Å². The summed E-state index contributed by atoms with van der Waals surface area (Å²) in [5.74, 6) is -0.990. The van der Waals surface area contributed by atoms with Crippen molar-refractivity contribution in [1.29, 1.82) is 0 Å². The van der Waals surface area contributed by atoms with Crippen molar-refractivity contribution in [2.75, 3.05) is 19.7 Å². The number of esters is 2. The maximum atomic E-state index is 12.7. The minimum atomic E-state index is -3.82. The van der Waals surface area contributed by atoms with Crippen LogP contribution < -0.4 is 0 Å². The molecule has 1 aromatic carbocycles. The molecule has 3 atom stereocenters. The second-order valence-corrected chi connectivity index (χ2v) is 10.6. The molecule has 1 saturated carbocycles. The summed E-state index contributed by atoms with van der Waals surface area (Å²) in [6.07, 6.45) is 2.63. The zero-order valence-corrected chi connectivity index (χ0v) is 20.4. The molecule has 0 spiro atoms. The molecule has 2 rings (SSSR count). The predicted molar refractivity (Wildman–Crippen MR) is 120 cm³/mol. The van der Waals surface area contributed by atoms with Gasteiger partial charge in [0.05, 0.1) is 4.90 Å². The van der Waals surface area contributed by atoms with E-state index in [1.54, 1.807) is 13.8 Å². The van der Waals surface area contributed by atoms with Crippen LogP contribution in [0.2, 0.25) is 0 Å². The van der Waals surface area contributed by atoms with Crippen molar-refractivity contribution in [3.63, 3.8) is 0 Å². The Morgan fingerprint density at radius 3 is 2.44 bits per heavy atom. The maximum Gasteiger partial charge on any atom is 0.344 e. The summed E-state index contributed by atoms with van der Waals surface area (Å²) in [5.41, 5.74) is -0.322. The standard InChI is InChI=1S/C23H35NO7S/c1-6-24(7-2)32(28,29)17-9-11-20(25)19(13-17)23(27)30-14-22(26)31-21-12-16(5)8-10-18(21)15(3)4/h9,11,13,15-16,18,21,25H,6-8,10,12,14H2,1-5H3. The third kappa shape index (κ3) is 6.22. The number of phenols is 1. The number of hydrogen-bond donors (Lipinski definition) is 1. The normalized spacial score (nSPS) is 21.5. The number of ether oxygens (including phenoxy) is 2. The van der Waals surface area contributed by atoms with Gasteiger partial charge in [0.25, 0.3) is 0 Å². The molecule has 0 amide bonds. The van der Waals surface area contributed by atoms with Gasteiger partial charge in [0.2, 0.25) is 10.0 Å². The van der Waals surface area contributed by atoms with Gasteiger partial charge in [-0.15, -0.1) is 0 Å². The van der Waals surface area contributed by atoms with Crippen LogP contribution in [0, 0.1) is 17.8 Å². The lowest BCUT2D eigenvalue weighted by Crippen LogP contribution is -2.36. The average molecular weight is 470 g/mol. The predicted octanol–water partition coefficient (Wildman–Crippen LogP) is 3.58. The first-order valence-electron chi connectivity index (χ1n) is 11.2. The Kier molecular flexibility index (Phi) is 9.09. The Labute approximate surface area is 190 Å². The van der Waals surface area contributed by atoms with E-state index < -0.39 is 34.3 Å². The fourth-order valence-corrected chi connectivity index (χ4v) is 5.69. The molecule has 0 bridgehead atoms. The fourth-order valence-electron chi connectivity index (χ4n) is 4.21. The highest BCUT2D eigenvalue weighted by Gasteiger charge is 2.33. The number of hydrogen-bond acceptors (Lipinski definition) is 7. The van der Waals surface area contributed by atoms with Crippen LogP contribution in [0.1, 0.15) is 64.2 Å². The van der Waals surface area contributed by atoms with Crippen LogP contribution >= 0.6 is 0 Å². The molecule has 0 saturated heterocycles. The van der Waals surface area contributed by atoms with E-state index >= 15 is 0 Å². The Morgan fingerprint density at radius 2 is 1.84 bits per heavy atom. The van der Waals surface area contributed by atoms with Gasteiger partial charge in [-0.25, -0.2) is 18.0 Å². The molecule has 3 unspecified atom stereocenters. The molecule has 1 N–H and O–H groups in total. The van der Waals surface area contributed by atoms with Crippen LogP contribution in [0.4, 0.5) is 0 Å². The van der Waals surface area contributed by atoms with Crippen LogP contribution in [-0.4, -0.2) is 55.6 Å². The van der Waals surface area contributed by atoms with Crippen LogP contribution in [0.15, 0.2) is 23.1 Å². The van der Waals surface area contributed by atoms with Gasteiger partial charge in [-0.05, 0) is 48.8 Å². The maximum absolute atomic E-state index is 12.7. The van der Waals surface area contributed by atoms with Crippen molar-refractivity contribution in [2.45, 2.75) is 64.9 Å². The lowest BCUT2D eigenvalue weighted by atomic mass is 9.75. The van der Waals surface area contributed by atoms with Crippen molar-refractivity contribution in [1.82, 2.24) is 4.31 Å². The Morgan fingerprint density at radius 1 is 1.19 bits per heavy atom. The zero-order valence-electron chi connectivity index (χ0n) is 19.5. The first-order chi connectivity index (χ1) is 15.0. The zero-order chi connectivity index (χ0) is 24.1. The number of phenolic OH excluding ortho intramolecular Hbond substituents is 1. The number of sulfonamides is 1. The molecule has 180 valence electrons. The van der Waals surface area contributed by atoms with Gasteiger partial charge < -0.3 is 14.6 Å². The molecule has 1 aromatic rings. The second-order valence-electron chi connectivity index (χ2n) is 8.70. The number of aromatic hydroxyl groups is 1. The monoisotopic (exact) mass is 469 g/mol. The molecule has 9 heteroatoms. The molecule has 0 aromatic heterocycles. The third-order valence-electron chi connectivity index (χ3n) is 6.10. The smallest absolute Gasteiger partial charge is 0.344 e. The quantitative estimate of drug-likeness (QED) is 0.550. The van der Waals surface area contributed by atoms with Crippen molar-refractivity contribution >= 4 is 22.0 Å². The van der Waals surface area contributed by atoms with Crippen molar-refractivity contribution in [3.8, 4) is 5.75 Å². The van der Waals surface area contributed by atoms with Crippen molar-refractivity contribution in [3.05, 3.63) is 23.8 Å². The molecule has 1 fully saturated rings. The molecule has 1 aliphatic rings. The van der Waals surface area contributed by atoms with Crippen LogP contribution in [0.25, 0.3) is 0 Å². The van der Waals surface area contributed by atoms with Gasteiger partial charge >= 0.3 is 11.9 Å². The van der Waals surface area contributed by atoms with E-state index in [4.69, 9.17) is 9.47 Å². The van der Waals surface area contributed by atoms with Gasteiger partial charge in [0.1, 0.15) is 17.4 Å². The highest BCUT2D eigenvalue weighted by atomic mass is 32.2. The van der Waals surface area contributed by atoms with Crippen molar-refractivity contribution in [2.24, 2.45) is 17.8 Å². The number of carbonyl (C=O) groups is 2. The van der Waals surface area contributed by atoms with E-state index in [2.05, 4.69) is 20.8 Å². The first-order valence-corrected chi connectivity index (χ1v) is 12.6. The van der Waals surface area contributed by atoms with Gasteiger partial charge in [0.15, 0.2) is 6.61 Å². The van der Waals surface area contributed by atoms with Gasteiger partial charge in [-0.2, -0.15) is 4.31 Å². The van der Waals surface area contributed by atoms with E-state index in [0.29, 0.717) is 11.8 Å². The average Bonchev–Trinajstić information content (AvgIpc) is 2.72. The SMILES string of the molecule is CCN(CC)S(=O)(=O)c1ccc(O)c(C(=O)OCC(=O)OC2CC(C)CCC2C(C)C)c1. The molecule has 0 heterocycles. The summed E-state index contributed by atoms with van der Waals surface area (Å²) in [6, 6.07) is 3.42. The summed E-state index contributed by atoms with van der Waals surface area (Å²) in [7, 11) is -3.82. The van der Waals surface area contributed by atoms with Crippen LogP contribution in [-0.2, 0) is 24.3 Å². The number of nitrogens with zero attached hydrogens (tertiary/aromatic N) is 1. The number of carbonyl (C=O) groups excluding carboxylic acids is 2. The summed E-state index contributed by atoms with van der Waals surface area (Å²) in [4.78, 5) is 24.7. The van der Waals surface area contributed by atoms with Crippen LogP contribution in [0.5, 0.6) is 5.75 Å². The summed E-state index contributed by atoms with van der Waals surface area (Å²) in [6.45, 7) is 9.66. The van der Waals surface area contributed by atoms with Gasteiger partial charge in [-0.1, -0.05) is 41.0 Å². The van der Waals surface area contributed by atoms with E-state index in [9.17, 15) is 23.1 Å². The molecule has 8 nitrogen and oxygen atoms in total. The molecule has 1 aliphatic carbocycles. The largest absolute Gasteiger partial charge is 0.507 e. The summed E-state index contributed by atoms with van der Waals surface area (Å²) < 4.78 is 37.3. The fraction of sp³-hybridized carbons (Fsp3) is 0.652. The molecule has 0 radical (unpaired) electrons. The second kappa shape index (κ2) is 11.1. The van der Waals surface area contributed by atoms with Gasteiger partial charge in [-0.3, -0.25) is 0 Å². The Hall–Kier alpha value is -2.13. The highest BCUT2D eigenvalue weighted by Crippen LogP contribution is 2.35. The minimum Gasteiger partial charge on any atom is -0.507 e. The first kappa shape index (κ1) is 26.1. The molecular weight excluding hydrogens is 434 g/mol. The Balaban J connectivity index is 2.07. The Bertz CT molecular complexity index is 909. The molecular formula is C23H35NO7S. The van der Waals surface area contributed by atoms with Crippen LogP contribution in [0.3, 0.4) is 0 Å². The van der Waals surface area contributed by atoms with E-state index in [1.165, 1.54) is 10.4 Å². The summed E-state index contributed by atoms with van der Waals surface area (Å²) in [5, 5.41) is 10.0. The number of rotatable bonds is 9. The van der Waals surface area contributed by atoms with Gasteiger partial charge in [0, 0.05) is 13.1 Å². The number of benzene rings is 1. The minimum absolute atomic E-state index is 0.135. The highest BCUT2D eigenvalue weighted by molar-refractivity contribution is 7.89. The topological polar surface area (TPSA) is 110 Å². The molecule has 0 aliphatic heterocycles. The van der Waals surface area contributed by atoms with E-state index in [-0.39, 0.29) is 35.6 Å². The lowest BCUT2D eigenvalue weighted by Gasteiger charge is -2.36. The third-order valence-corrected chi connectivity index (χ3v) is 8.14.